The van der Waals surface area contributed by atoms with Crippen LogP contribution in [0.15, 0.2) is 42.6 Å². The lowest BCUT2D eigenvalue weighted by Gasteiger charge is -2.08. The molecule has 0 spiro atoms. The first kappa shape index (κ1) is 16.0. The lowest BCUT2D eigenvalue weighted by atomic mass is 10.2. The van der Waals surface area contributed by atoms with Crippen molar-refractivity contribution in [2.24, 2.45) is 0 Å². The Balaban J connectivity index is 2.14. The van der Waals surface area contributed by atoms with E-state index in [1.54, 1.807) is 16.7 Å². The standard InChI is InChI=1S/C17H12N4O4/c18-7-11-6-12-13(21(11)10-4-2-1-3-5-10)8-19-15(16(12)24)17(25)20-9-14(22)23/h1-6,8,24H,9H2,(H,20,25)(H,22,23). The van der Waals surface area contributed by atoms with E-state index in [0.29, 0.717) is 11.2 Å². The Labute approximate surface area is 141 Å². The molecule has 25 heavy (non-hydrogen) atoms. The highest BCUT2D eigenvalue weighted by atomic mass is 16.4. The zero-order chi connectivity index (χ0) is 18.0. The van der Waals surface area contributed by atoms with Crippen LogP contribution in [-0.2, 0) is 4.79 Å². The number of aromatic nitrogens is 2. The van der Waals surface area contributed by atoms with Gasteiger partial charge in [-0.1, -0.05) is 18.2 Å². The van der Waals surface area contributed by atoms with Crippen molar-refractivity contribution in [3.05, 3.63) is 54.0 Å². The molecule has 0 bridgehead atoms. The lowest BCUT2D eigenvalue weighted by molar-refractivity contribution is -0.135. The molecule has 0 saturated heterocycles. The van der Waals surface area contributed by atoms with Gasteiger partial charge in [0.05, 0.1) is 11.7 Å². The zero-order valence-corrected chi connectivity index (χ0v) is 12.8. The molecule has 0 aliphatic heterocycles. The molecule has 0 aliphatic rings. The molecule has 0 atom stereocenters. The minimum atomic E-state index is -1.21. The van der Waals surface area contributed by atoms with Crippen LogP contribution in [0.2, 0.25) is 0 Å². The van der Waals surface area contributed by atoms with Gasteiger partial charge in [0.25, 0.3) is 5.91 Å². The van der Waals surface area contributed by atoms with Crippen LogP contribution < -0.4 is 5.32 Å². The Hall–Kier alpha value is -3.86. The van der Waals surface area contributed by atoms with E-state index < -0.39 is 24.2 Å². The fourth-order valence-corrected chi connectivity index (χ4v) is 2.50. The van der Waals surface area contributed by atoms with Crippen molar-refractivity contribution in [2.75, 3.05) is 6.54 Å². The van der Waals surface area contributed by atoms with Gasteiger partial charge in [0.2, 0.25) is 0 Å². The van der Waals surface area contributed by atoms with E-state index in [-0.39, 0.29) is 16.8 Å². The number of hydrogen-bond acceptors (Lipinski definition) is 5. The number of benzene rings is 1. The molecule has 0 unspecified atom stereocenters. The predicted octanol–water partition coefficient (Wildman–Crippen LogP) is 1.42. The number of para-hydroxylation sites is 1. The van der Waals surface area contributed by atoms with E-state index in [1.807, 2.05) is 24.3 Å². The Morgan fingerprint density at radius 3 is 2.64 bits per heavy atom. The first-order valence-electron chi connectivity index (χ1n) is 7.22. The smallest absolute Gasteiger partial charge is 0.322 e. The summed E-state index contributed by atoms with van der Waals surface area (Å²) in [5.74, 6) is -2.43. The molecule has 3 aromatic rings. The summed E-state index contributed by atoms with van der Waals surface area (Å²) in [6.45, 7) is -0.591. The first-order chi connectivity index (χ1) is 12.0. The van der Waals surface area contributed by atoms with Crippen LogP contribution in [0, 0.1) is 11.3 Å². The molecule has 0 fully saturated rings. The molecule has 1 aromatic carbocycles. The van der Waals surface area contributed by atoms with Crippen molar-refractivity contribution < 1.29 is 19.8 Å². The molecule has 1 amide bonds. The highest BCUT2D eigenvalue weighted by Gasteiger charge is 2.20. The molecule has 2 heterocycles. The maximum Gasteiger partial charge on any atom is 0.322 e. The second-order valence-corrected chi connectivity index (χ2v) is 5.14. The second-order valence-electron chi connectivity index (χ2n) is 5.14. The third kappa shape index (κ3) is 2.86. The monoisotopic (exact) mass is 336 g/mol. The first-order valence-corrected chi connectivity index (χ1v) is 7.22. The Bertz CT molecular complexity index is 1020. The number of hydrogen-bond donors (Lipinski definition) is 3. The fourth-order valence-electron chi connectivity index (χ4n) is 2.50. The van der Waals surface area contributed by atoms with Crippen molar-refractivity contribution in [2.45, 2.75) is 0 Å². The van der Waals surface area contributed by atoms with E-state index in [4.69, 9.17) is 5.11 Å². The maximum absolute atomic E-state index is 12.0. The predicted molar refractivity (Wildman–Crippen MR) is 87.4 cm³/mol. The van der Waals surface area contributed by atoms with E-state index in [0.717, 1.165) is 0 Å². The van der Waals surface area contributed by atoms with Crippen LogP contribution in [0.1, 0.15) is 16.2 Å². The minimum absolute atomic E-state index is 0.265. The maximum atomic E-state index is 12.0. The number of carbonyl (C=O) groups excluding carboxylic acids is 1. The second kappa shape index (κ2) is 6.33. The van der Waals surface area contributed by atoms with Gasteiger partial charge in [-0.25, -0.2) is 4.98 Å². The molecule has 0 aliphatic carbocycles. The quantitative estimate of drug-likeness (QED) is 0.661. The molecule has 2 aromatic heterocycles. The van der Waals surface area contributed by atoms with Gasteiger partial charge >= 0.3 is 5.97 Å². The topological polar surface area (TPSA) is 128 Å². The molecule has 8 heteroatoms. The van der Waals surface area contributed by atoms with Gasteiger partial charge in [-0.15, -0.1) is 0 Å². The Morgan fingerprint density at radius 1 is 1.28 bits per heavy atom. The summed E-state index contributed by atoms with van der Waals surface area (Å²) in [6.07, 6.45) is 1.36. The van der Waals surface area contributed by atoms with Crippen molar-refractivity contribution in [1.82, 2.24) is 14.9 Å². The largest absolute Gasteiger partial charge is 0.505 e. The minimum Gasteiger partial charge on any atom is -0.505 e. The van der Waals surface area contributed by atoms with Crippen molar-refractivity contribution in [1.29, 1.82) is 5.26 Å². The van der Waals surface area contributed by atoms with Gasteiger partial charge in [-0.2, -0.15) is 5.26 Å². The summed E-state index contributed by atoms with van der Waals surface area (Å²) in [5.41, 5.74) is 1.12. The molecule has 8 nitrogen and oxygen atoms in total. The number of rotatable bonds is 4. The molecule has 3 rings (SSSR count). The third-order valence-corrected chi connectivity index (χ3v) is 3.58. The number of aromatic hydroxyl groups is 1. The van der Waals surface area contributed by atoms with Crippen LogP contribution >= 0.6 is 0 Å². The van der Waals surface area contributed by atoms with E-state index >= 15 is 0 Å². The molecule has 3 N–H and O–H groups in total. The van der Waals surface area contributed by atoms with Gasteiger partial charge in [0.1, 0.15) is 18.3 Å². The average Bonchev–Trinajstić information content (AvgIpc) is 3.00. The van der Waals surface area contributed by atoms with Gasteiger partial charge in [0, 0.05) is 11.1 Å². The Kier molecular flexibility index (Phi) is 4.05. The van der Waals surface area contributed by atoms with Crippen LogP contribution in [-0.4, -0.2) is 38.2 Å². The number of fused-ring (bicyclic) bond motifs is 1. The van der Waals surface area contributed by atoms with Gasteiger partial charge in [0.15, 0.2) is 11.4 Å². The van der Waals surface area contributed by atoms with Gasteiger partial charge < -0.3 is 15.5 Å². The van der Waals surface area contributed by atoms with Crippen LogP contribution in [0.5, 0.6) is 5.75 Å². The Morgan fingerprint density at radius 2 is 2.00 bits per heavy atom. The number of amides is 1. The normalized spacial score (nSPS) is 10.4. The number of nitriles is 1. The summed E-state index contributed by atoms with van der Waals surface area (Å²) < 4.78 is 1.61. The summed E-state index contributed by atoms with van der Waals surface area (Å²) in [7, 11) is 0. The summed E-state index contributed by atoms with van der Waals surface area (Å²) >= 11 is 0. The lowest BCUT2D eigenvalue weighted by Crippen LogP contribution is -2.29. The van der Waals surface area contributed by atoms with Crippen LogP contribution in [0.25, 0.3) is 16.6 Å². The van der Waals surface area contributed by atoms with Gasteiger partial charge in [-0.3, -0.25) is 14.2 Å². The summed E-state index contributed by atoms with van der Waals surface area (Å²) in [4.78, 5) is 26.4. The summed E-state index contributed by atoms with van der Waals surface area (Å²) in [6, 6.07) is 12.5. The molecular weight excluding hydrogens is 324 g/mol. The van der Waals surface area contributed by atoms with Crippen molar-refractivity contribution >= 4 is 22.8 Å². The molecule has 0 saturated carbocycles. The molecule has 124 valence electrons. The van der Waals surface area contributed by atoms with E-state index in [2.05, 4.69) is 10.3 Å². The molecular formula is C17H12N4O4. The van der Waals surface area contributed by atoms with Crippen LogP contribution in [0.4, 0.5) is 0 Å². The number of nitrogens with zero attached hydrogens (tertiary/aromatic N) is 3. The number of pyridine rings is 1. The van der Waals surface area contributed by atoms with Gasteiger partial charge in [-0.05, 0) is 18.2 Å². The third-order valence-electron chi connectivity index (χ3n) is 3.58. The zero-order valence-electron chi connectivity index (χ0n) is 12.8. The average molecular weight is 336 g/mol. The number of nitrogens with one attached hydrogen (secondary N) is 1. The van der Waals surface area contributed by atoms with Crippen molar-refractivity contribution in [3.63, 3.8) is 0 Å². The number of carbonyl (C=O) groups is 2. The molecule has 0 radical (unpaired) electrons. The fraction of sp³-hybridized carbons (Fsp3) is 0.0588. The summed E-state index contributed by atoms with van der Waals surface area (Å²) in [5, 5.41) is 30.8. The highest BCUT2D eigenvalue weighted by Crippen LogP contribution is 2.31. The van der Waals surface area contributed by atoms with Crippen LogP contribution in [0.3, 0.4) is 0 Å². The highest BCUT2D eigenvalue weighted by molar-refractivity contribution is 6.02. The SMILES string of the molecule is N#Cc1cc2c(O)c(C(=O)NCC(=O)O)ncc2n1-c1ccccc1. The number of carboxylic acid groups (broad SMARTS) is 1. The number of carboxylic acids is 1. The van der Waals surface area contributed by atoms with E-state index in [1.165, 1.54) is 12.3 Å². The van der Waals surface area contributed by atoms with E-state index in [9.17, 15) is 20.0 Å². The van der Waals surface area contributed by atoms with Crippen molar-refractivity contribution in [3.8, 4) is 17.5 Å². The number of aliphatic carboxylic acids is 1.